The highest BCUT2D eigenvalue weighted by Gasteiger charge is 2.21. The third-order valence-corrected chi connectivity index (χ3v) is 4.29. The van der Waals surface area contributed by atoms with E-state index in [4.69, 9.17) is 16.7 Å². The van der Waals surface area contributed by atoms with Crippen molar-refractivity contribution >= 4 is 27.4 Å². The van der Waals surface area contributed by atoms with Crippen LogP contribution in [-0.4, -0.2) is 25.2 Å². The number of benzene rings is 1. The molecule has 0 aliphatic rings. The van der Waals surface area contributed by atoms with Crippen molar-refractivity contribution in [1.29, 1.82) is 0 Å². The highest BCUT2D eigenvalue weighted by atomic mass is 35.5. The van der Waals surface area contributed by atoms with Crippen LogP contribution in [0.4, 0.5) is 4.39 Å². The van der Waals surface area contributed by atoms with Crippen molar-refractivity contribution in [2.75, 3.05) is 5.75 Å². The summed E-state index contributed by atoms with van der Waals surface area (Å²) in [5, 5.41) is 8.19. The molecule has 1 aromatic rings. The number of aromatic carboxylic acids is 1. The summed E-state index contributed by atoms with van der Waals surface area (Å²) >= 11 is 5.45. The minimum Gasteiger partial charge on any atom is -0.478 e. The van der Waals surface area contributed by atoms with E-state index in [0.717, 1.165) is 6.07 Å². The molecule has 0 fully saturated rings. The van der Waals surface area contributed by atoms with E-state index in [-0.39, 0.29) is 12.2 Å². The van der Waals surface area contributed by atoms with Gasteiger partial charge in [-0.15, -0.1) is 6.58 Å². The van der Waals surface area contributed by atoms with Crippen LogP contribution in [0.25, 0.3) is 0 Å². The van der Waals surface area contributed by atoms with Crippen LogP contribution < -0.4 is 0 Å². The number of hydrogen-bond donors (Lipinski definition) is 1. The summed E-state index contributed by atoms with van der Waals surface area (Å²) in [7, 11) is -3.75. The van der Waals surface area contributed by atoms with Gasteiger partial charge in [0.05, 0.1) is 21.2 Å². The van der Waals surface area contributed by atoms with Crippen molar-refractivity contribution in [3.8, 4) is 0 Å². The molecule has 0 atom stereocenters. The Hall–Kier alpha value is -1.40. The van der Waals surface area contributed by atoms with E-state index in [2.05, 4.69) is 6.58 Å². The van der Waals surface area contributed by atoms with Gasteiger partial charge in [0.15, 0.2) is 9.84 Å². The largest absolute Gasteiger partial charge is 0.478 e. The molecule has 0 radical (unpaired) electrons. The lowest BCUT2D eigenvalue weighted by Gasteiger charge is -2.06. The van der Waals surface area contributed by atoms with Crippen LogP contribution in [0.5, 0.6) is 0 Å². The maximum atomic E-state index is 13.4. The third-order valence-electron chi connectivity index (χ3n) is 2.18. The molecule has 4 nitrogen and oxygen atoms in total. The average Bonchev–Trinajstić information content (AvgIpc) is 2.29. The fourth-order valence-electron chi connectivity index (χ4n) is 1.26. The van der Waals surface area contributed by atoms with Gasteiger partial charge in [0, 0.05) is 0 Å². The number of carboxylic acid groups (broad SMARTS) is 1. The minimum absolute atomic E-state index is 0.189. The summed E-state index contributed by atoms with van der Waals surface area (Å²) in [6.07, 6.45) is 1.59. The van der Waals surface area contributed by atoms with Gasteiger partial charge in [-0.3, -0.25) is 0 Å². The summed E-state index contributed by atoms with van der Waals surface area (Å²) in [5.41, 5.74) is -0.575. The van der Waals surface area contributed by atoms with Gasteiger partial charge in [-0.25, -0.2) is 17.6 Å². The molecule has 98 valence electrons. The standard InChI is InChI=1S/C11H10ClFO4S/c1-2-3-4-18(16,17)7-5-8(11(14)15)10(12)9(13)6-7/h2,5-6H,1,3-4H2,(H,14,15). The van der Waals surface area contributed by atoms with Crippen molar-refractivity contribution in [2.24, 2.45) is 0 Å². The summed E-state index contributed by atoms with van der Waals surface area (Å²) in [6.45, 7) is 3.38. The zero-order valence-corrected chi connectivity index (χ0v) is 10.8. The maximum absolute atomic E-state index is 13.4. The molecule has 0 aliphatic heterocycles. The minimum atomic E-state index is -3.75. The molecule has 0 saturated carbocycles. The topological polar surface area (TPSA) is 71.4 Å². The fourth-order valence-corrected chi connectivity index (χ4v) is 2.74. The first-order valence-electron chi connectivity index (χ1n) is 4.85. The Kier molecular flexibility index (Phi) is 4.48. The van der Waals surface area contributed by atoms with Gasteiger partial charge < -0.3 is 5.11 Å². The number of halogens is 2. The lowest BCUT2D eigenvalue weighted by Crippen LogP contribution is -2.09. The molecule has 0 bridgehead atoms. The molecule has 0 amide bonds. The molecule has 0 heterocycles. The normalized spacial score (nSPS) is 11.2. The number of allylic oxidation sites excluding steroid dienone is 1. The van der Waals surface area contributed by atoms with E-state index in [0.29, 0.717) is 6.07 Å². The van der Waals surface area contributed by atoms with Crippen LogP contribution in [0.1, 0.15) is 16.8 Å². The number of sulfone groups is 1. The Balaban J connectivity index is 3.35. The number of rotatable bonds is 5. The van der Waals surface area contributed by atoms with Crippen molar-refractivity contribution < 1.29 is 22.7 Å². The Bertz CT molecular complexity index is 595. The van der Waals surface area contributed by atoms with Gasteiger partial charge in [-0.05, 0) is 18.6 Å². The number of carboxylic acids is 1. The molecular formula is C11H10ClFO4S. The molecule has 0 aliphatic carbocycles. The lowest BCUT2D eigenvalue weighted by molar-refractivity contribution is 0.0696. The highest BCUT2D eigenvalue weighted by Crippen LogP contribution is 2.25. The van der Waals surface area contributed by atoms with Crippen LogP contribution in [0.3, 0.4) is 0 Å². The van der Waals surface area contributed by atoms with E-state index >= 15 is 0 Å². The number of carbonyl (C=O) groups is 1. The molecule has 7 heteroatoms. The average molecular weight is 293 g/mol. The SMILES string of the molecule is C=CCCS(=O)(=O)c1cc(F)c(Cl)c(C(=O)O)c1. The van der Waals surface area contributed by atoms with Gasteiger partial charge in [0.2, 0.25) is 0 Å². The molecule has 0 aromatic heterocycles. The fraction of sp³-hybridized carbons (Fsp3) is 0.182. The molecule has 0 saturated heterocycles. The molecule has 0 unspecified atom stereocenters. The van der Waals surface area contributed by atoms with Crippen molar-refractivity contribution in [3.05, 3.63) is 41.2 Å². The molecule has 1 aromatic carbocycles. The van der Waals surface area contributed by atoms with E-state index in [9.17, 15) is 17.6 Å². The predicted molar refractivity (Wildman–Crippen MR) is 65.2 cm³/mol. The number of hydrogen-bond acceptors (Lipinski definition) is 3. The summed E-state index contributed by atoms with van der Waals surface area (Å²) in [4.78, 5) is 10.4. The van der Waals surface area contributed by atoms with E-state index in [1.54, 1.807) is 0 Å². The Labute approximate surface area is 109 Å². The van der Waals surface area contributed by atoms with Crippen molar-refractivity contribution in [2.45, 2.75) is 11.3 Å². The Morgan fingerprint density at radius 2 is 2.11 bits per heavy atom. The first-order valence-corrected chi connectivity index (χ1v) is 6.88. The second kappa shape index (κ2) is 5.49. The van der Waals surface area contributed by atoms with E-state index in [1.807, 2.05) is 0 Å². The molecule has 18 heavy (non-hydrogen) atoms. The zero-order chi connectivity index (χ0) is 13.9. The quantitative estimate of drug-likeness (QED) is 0.847. The van der Waals surface area contributed by atoms with Gasteiger partial charge in [0.25, 0.3) is 0 Å². The highest BCUT2D eigenvalue weighted by molar-refractivity contribution is 7.91. The van der Waals surface area contributed by atoms with Crippen LogP contribution in [-0.2, 0) is 9.84 Å². The molecule has 1 N–H and O–H groups in total. The summed E-state index contributed by atoms with van der Waals surface area (Å²) in [5.74, 6) is -2.83. The van der Waals surface area contributed by atoms with Crippen LogP contribution >= 0.6 is 11.6 Å². The lowest BCUT2D eigenvalue weighted by atomic mass is 10.2. The summed E-state index contributed by atoms with van der Waals surface area (Å²) < 4.78 is 36.9. The predicted octanol–water partition coefficient (Wildman–Crippen LogP) is 2.53. The third kappa shape index (κ3) is 3.08. The van der Waals surface area contributed by atoms with Crippen molar-refractivity contribution in [1.82, 2.24) is 0 Å². The van der Waals surface area contributed by atoms with E-state index in [1.165, 1.54) is 6.08 Å². The monoisotopic (exact) mass is 292 g/mol. The van der Waals surface area contributed by atoms with Gasteiger partial charge >= 0.3 is 5.97 Å². The second-order valence-corrected chi connectivity index (χ2v) is 5.96. The molecular weight excluding hydrogens is 283 g/mol. The molecule has 1 rings (SSSR count). The Morgan fingerprint density at radius 1 is 1.50 bits per heavy atom. The first-order chi connectivity index (χ1) is 8.29. The van der Waals surface area contributed by atoms with Crippen LogP contribution in [0.2, 0.25) is 5.02 Å². The smallest absolute Gasteiger partial charge is 0.337 e. The van der Waals surface area contributed by atoms with Gasteiger partial charge in [-0.1, -0.05) is 17.7 Å². The summed E-state index contributed by atoms with van der Waals surface area (Å²) in [6, 6.07) is 1.57. The van der Waals surface area contributed by atoms with Gasteiger partial charge in [0.1, 0.15) is 5.82 Å². The van der Waals surface area contributed by atoms with E-state index < -0.39 is 37.1 Å². The maximum Gasteiger partial charge on any atom is 0.337 e. The van der Waals surface area contributed by atoms with Gasteiger partial charge in [-0.2, -0.15) is 0 Å². The second-order valence-electron chi connectivity index (χ2n) is 3.47. The Morgan fingerprint density at radius 3 is 2.61 bits per heavy atom. The zero-order valence-electron chi connectivity index (χ0n) is 9.19. The van der Waals surface area contributed by atoms with Crippen LogP contribution in [0, 0.1) is 5.82 Å². The first kappa shape index (κ1) is 14.7. The van der Waals surface area contributed by atoms with Crippen LogP contribution in [0.15, 0.2) is 29.7 Å². The molecule has 0 spiro atoms. The van der Waals surface area contributed by atoms with Crippen molar-refractivity contribution in [3.63, 3.8) is 0 Å².